The second kappa shape index (κ2) is 5.53. The first-order chi connectivity index (χ1) is 9.44. The molecule has 0 aliphatic heterocycles. The lowest BCUT2D eigenvalue weighted by atomic mass is 10.3. The summed E-state index contributed by atoms with van der Waals surface area (Å²) >= 11 is 5.88. The van der Waals surface area contributed by atoms with Crippen LogP contribution in [0.25, 0.3) is 0 Å². The normalized spacial score (nSPS) is 11.1. The zero-order valence-corrected chi connectivity index (χ0v) is 11.6. The maximum Gasteiger partial charge on any atom is 0.281 e. The van der Waals surface area contributed by atoms with Gasteiger partial charge in [0.15, 0.2) is 0 Å². The highest BCUT2D eigenvalue weighted by Crippen LogP contribution is 2.24. The fraction of sp³-hybridized carbons (Fsp3) is 0. The standard InChI is InChI=1S/C11H11ClN4O3S/c12-8-3-1-2-4-9(8)16-20(18,19)7-5-10(14-6-7)11(17)15-13/h1-6,14,16H,13H2,(H,15,17). The third kappa shape index (κ3) is 2.93. The van der Waals surface area contributed by atoms with Gasteiger partial charge in [-0.25, -0.2) is 14.3 Å². The number of amides is 1. The fourth-order valence-electron chi connectivity index (χ4n) is 1.49. The Labute approximate surface area is 120 Å². The lowest BCUT2D eigenvalue weighted by molar-refractivity contribution is 0.0949. The predicted octanol–water partition coefficient (Wildman–Crippen LogP) is 1.07. The van der Waals surface area contributed by atoms with E-state index in [-0.39, 0.29) is 21.3 Å². The highest BCUT2D eigenvalue weighted by molar-refractivity contribution is 7.92. The second-order valence-corrected chi connectivity index (χ2v) is 5.90. The average molecular weight is 315 g/mol. The van der Waals surface area contributed by atoms with Crippen LogP contribution in [0.4, 0.5) is 5.69 Å². The van der Waals surface area contributed by atoms with Crippen LogP contribution in [0.15, 0.2) is 41.4 Å². The highest BCUT2D eigenvalue weighted by Gasteiger charge is 2.19. The predicted molar refractivity (Wildman–Crippen MR) is 74.7 cm³/mol. The third-order valence-electron chi connectivity index (χ3n) is 2.46. The van der Waals surface area contributed by atoms with E-state index in [4.69, 9.17) is 17.4 Å². The van der Waals surface area contributed by atoms with Crippen molar-refractivity contribution >= 4 is 33.2 Å². The van der Waals surface area contributed by atoms with Crippen LogP contribution in [0.5, 0.6) is 0 Å². The van der Waals surface area contributed by atoms with Gasteiger partial charge in [-0.3, -0.25) is 14.9 Å². The van der Waals surface area contributed by atoms with Gasteiger partial charge >= 0.3 is 0 Å². The van der Waals surface area contributed by atoms with Crippen molar-refractivity contribution in [1.29, 1.82) is 0 Å². The van der Waals surface area contributed by atoms with Gasteiger partial charge in [0.05, 0.1) is 10.7 Å². The van der Waals surface area contributed by atoms with Crippen molar-refractivity contribution < 1.29 is 13.2 Å². The number of aromatic amines is 1. The quantitative estimate of drug-likeness (QED) is 0.383. The van der Waals surface area contributed by atoms with Crippen molar-refractivity contribution in [1.82, 2.24) is 10.4 Å². The summed E-state index contributed by atoms with van der Waals surface area (Å²) in [5.41, 5.74) is 2.18. The molecule has 0 saturated heterocycles. The van der Waals surface area contributed by atoms with Crippen molar-refractivity contribution in [3.05, 3.63) is 47.2 Å². The minimum atomic E-state index is -3.84. The number of halogens is 1. The molecule has 0 fully saturated rings. The first-order valence-corrected chi connectivity index (χ1v) is 7.27. The summed E-state index contributed by atoms with van der Waals surface area (Å²) in [6.45, 7) is 0. The van der Waals surface area contributed by atoms with Crippen molar-refractivity contribution in [2.45, 2.75) is 4.90 Å². The van der Waals surface area contributed by atoms with E-state index < -0.39 is 15.9 Å². The molecule has 2 aromatic rings. The maximum atomic E-state index is 12.1. The Morgan fingerprint density at radius 3 is 2.65 bits per heavy atom. The lowest BCUT2D eigenvalue weighted by Gasteiger charge is -2.07. The SMILES string of the molecule is NNC(=O)c1cc(S(=O)(=O)Nc2ccccc2Cl)c[nH]1. The number of hydrogen-bond donors (Lipinski definition) is 4. The highest BCUT2D eigenvalue weighted by atomic mass is 35.5. The van der Waals surface area contributed by atoms with Crippen LogP contribution < -0.4 is 16.0 Å². The number of hydrogen-bond acceptors (Lipinski definition) is 4. The molecule has 0 atom stereocenters. The lowest BCUT2D eigenvalue weighted by Crippen LogP contribution is -2.30. The minimum Gasteiger partial charge on any atom is -0.356 e. The molecule has 0 saturated carbocycles. The Kier molecular flexibility index (Phi) is 3.98. The third-order valence-corrected chi connectivity index (χ3v) is 4.14. The first kappa shape index (κ1) is 14.4. The zero-order valence-electron chi connectivity index (χ0n) is 10.1. The van der Waals surface area contributed by atoms with Gasteiger partial charge in [0.2, 0.25) is 0 Å². The van der Waals surface area contributed by atoms with E-state index in [1.54, 1.807) is 18.2 Å². The molecule has 9 heteroatoms. The molecule has 0 unspecified atom stereocenters. The van der Waals surface area contributed by atoms with Gasteiger partial charge in [0, 0.05) is 6.20 Å². The molecule has 1 aromatic heterocycles. The summed E-state index contributed by atoms with van der Waals surface area (Å²) in [6.07, 6.45) is 1.18. The van der Waals surface area contributed by atoms with E-state index in [1.165, 1.54) is 18.3 Å². The summed E-state index contributed by atoms with van der Waals surface area (Å²) < 4.78 is 26.6. The number of nitrogens with two attached hydrogens (primary N) is 1. The molecule has 1 heterocycles. The average Bonchev–Trinajstić information content (AvgIpc) is 2.91. The molecule has 5 N–H and O–H groups in total. The monoisotopic (exact) mass is 314 g/mol. The van der Waals surface area contributed by atoms with Crippen molar-refractivity contribution in [2.24, 2.45) is 5.84 Å². The number of nitrogens with one attached hydrogen (secondary N) is 3. The van der Waals surface area contributed by atoms with Crippen LogP contribution in [0, 0.1) is 0 Å². The van der Waals surface area contributed by atoms with Gasteiger partial charge in [-0.05, 0) is 18.2 Å². The fourth-order valence-corrected chi connectivity index (χ4v) is 2.80. The van der Waals surface area contributed by atoms with Gasteiger partial charge in [0.25, 0.3) is 15.9 Å². The second-order valence-electron chi connectivity index (χ2n) is 3.81. The number of H-pyrrole nitrogens is 1. The summed E-state index contributed by atoms with van der Waals surface area (Å²) in [4.78, 5) is 13.7. The van der Waals surface area contributed by atoms with Crippen LogP contribution in [-0.4, -0.2) is 19.3 Å². The molecule has 0 radical (unpaired) electrons. The Hall–Kier alpha value is -2.03. The summed E-state index contributed by atoms with van der Waals surface area (Å²) in [6, 6.07) is 7.58. The van der Waals surface area contributed by atoms with Crippen molar-refractivity contribution in [2.75, 3.05) is 4.72 Å². The Balaban J connectivity index is 2.29. The Morgan fingerprint density at radius 2 is 2.00 bits per heavy atom. The molecule has 1 aromatic carbocycles. The number of hydrazine groups is 1. The molecule has 0 aliphatic carbocycles. The summed E-state index contributed by atoms with van der Waals surface area (Å²) in [5, 5.41) is 0.270. The number of para-hydroxylation sites is 1. The smallest absolute Gasteiger partial charge is 0.281 e. The van der Waals surface area contributed by atoms with E-state index >= 15 is 0 Å². The minimum absolute atomic E-state index is 0.0343. The van der Waals surface area contributed by atoms with Gasteiger partial charge in [-0.1, -0.05) is 23.7 Å². The number of carbonyl (C=O) groups is 1. The van der Waals surface area contributed by atoms with E-state index in [2.05, 4.69) is 9.71 Å². The molecule has 106 valence electrons. The van der Waals surface area contributed by atoms with Crippen LogP contribution in [0.1, 0.15) is 10.5 Å². The number of nitrogen functional groups attached to an aromatic ring is 1. The number of sulfonamides is 1. The molecule has 1 amide bonds. The van der Waals surface area contributed by atoms with E-state index in [9.17, 15) is 13.2 Å². The molecular weight excluding hydrogens is 304 g/mol. The number of aromatic nitrogens is 1. The van der Waals surface area contributed by atoms with E-state index in [1.807, 2.05) is 5.43 Å². The number of anilines is 1. The van der Waals surface area contributed by atoms with Gasteiger partial charge in [-0.2, -0.15) is 0 Å². The number of carbonyl (C=O) groups excluding carboxylic acids is 1. The zero-order chi connectivity index (χ0) is 14.8. The molecule has 7 nitrogen and oxygen atoms in total. The van der Waals surface area contributed by atoms with Gasteiger partial charge < -0.3 is 4.98 Å². The molecular formula is C11H11ClN4O3S. The number of rotatable bonds is 4. The van der Waals surface area contributed by atoms with Crippen molar-refractivity contribution in [3.8, 4) is 0 Å². The van der Waals surface area contributed by atoms with E-state index in [0.717, 1.165) is 0 Å². The Bertz CT molecular complexity index is 742. The molecule has 20 heavy (non-hydrogen) atoms. The maximum absolute atomic E-state index is 12.1. The molecule has 0 aliphatic rings. The Morgan fingerprint density at radius 1 is 1.30 bits per heavy atom. The van der Waals surface area contributed by atoms with Crippen LogP contribution in [-0.2, 0) is 10.0 Å². The van der Waals surface area contributed by atoms with Gasteiger partial charge in [-0.15, -0.1) is 0 Å². The first-order valence-electron chi connectivity index (χ1n) is 5.41. The van der Waals surface area contributed by atoms with Crippen LogP contribution in [0.2, 0.25) is 5.02 Å². The summed E-state index contributed by atoms with van der Waals surface area (Å²) in [7, 11) is -3.84. The van der Waals surface area contributed by atoms with E-state index in [0.29, 0.717) is 0 Å². The largest absolute Gasteiger partial charge is 0.356 e. The van der Waals surface area contributed by atoms with Gasteiger partial charge in [0.1, 0.15) is 10.6 Å². The molecule has 0 spiro atoms. The number of benzene rings is 1. The van der Waals surface area contributed by atoms with Crippen LogP contribution >= 0.6 is 11.6 Å². The van der Waals surface area contributed by atoms with Crippen LogP contribution in [0.3, 0.4) is 0 Å². The van der Waals surface area contributed by atoms with Crippen molar-refractivity contribution in [3.63, 3.8) is 0 Å². The summed E-state index contributed by atoms with van der Waals surface area (Å²) in [5.74, 6) is 4.34. The topological polar surface area (TPSA) is 117 Å². The molecule has 2 rings (SSSR count). The molecule has 0 bridgehead atoms.